The maximum Gasteiger partial charge on any atom is 0.251 e. The van der Waals surface area contributed by atoms with Crippen molar-refractivity contribution in [2.45, 2.75) is 94.3 Å². The highest BCUT2D eigenvalue weighted by Gasteiger charge is 2.35. The Balaban J connectivity index is 1.70. The lowest BCUT2D eigenvalue weighted by Gasteiger charge is -2.34. The zero-order valence-electron chi connectivity index (χ0n) is 15.9. The molecule has 0 bridgehead atoms. The van der Waals surface area contributed by atoms with E-state index in [9.17, 15) is 25.2 Å². The predicted octanol–water partition coefficient (Wildman–Crippen LogP) is -0.995. The van der Waals surface area contributed by atoms with Crippen molar-refractivity contribution in [1.29, 1.82) is 0 Å². The molecule has 0 radical (unpaired) electrons. The Labute approximate surface area is 160 Å². The summed E-state index contributed by atoms with van der Waals surface area (Å²) in [6.07, 6.45) is 2.46. The predicted molar refractivity (Wildman–Crippen MR) is 99.6 cm³/mol. The second kappa shape index (κ2) is 10.7. The first-order chi connectivity index (χ1) is 12.8. The quantitative estimate of drug-likeness (QED) is 0.281. The molecule has 0 aromatic heterocycles. The molecule has 8 N–H and O–H groups in total. The number of hydrogen-bond acceptors (Lipinski definition) is 7. The molecule has 0 aliphatic heterocycles. The van der Waals surface area contributed by atoms with E-state index < -0.39 is 36.9 Å². The van der Waals surface area contributed by atoms with Crippen LogP contribution in [0.1, 0.15) is 57.8 Å². The number of carbonyl (C=O) groups is 1. The standard InChI is InChI=1S/C19H36N2O6/c20-13-5-1-11(2-6-13)9-12-3-7-14(8-4-12)21-19(27)18(26)17(25)16(24)15(23)10-22/h11-18,22-26H,1-10,20H2,(H,21,27)/t11?,12?,13?,14?,15-,16-,17+,18-/m1/s1. The summed E-state index contributed by atoms with van der Waals surface area (Å²) in [4.78, 5) is 12.1. The molecule has 2 saturated carbocycles. The largest absolute Gasteiger partial charge is 0.394 e. The zero-order chi connectivity index (χ0) is 20.0. The summed E-state index contributed by atoms with van der Waals surface area (Å²) in [7, 11) is 0. The average Bonchev–Trinajstić information content (AvgIpc) is 2.68. The summed E-state index contributed by atoms with van der Waals surface area (Å²) >= 11 is 0. The molecule has 27 heavy (non-hydrogen) atoms. The Bertz CT molecular complexity index is 449. The van der Waals surface area contributed by atoms with Gasteiger partial charge >= 0.3 is 0 Å². The van der Waals surface area contributed by atoms with Crippen LogP contribution in [0, 0.1) is 11.8 Å². The van der Waals surface area contributed by atoms with Crippen LogP contribution < -0.4 is 11.1 Å². The van der Waals surface area contributed by atoms with Gasteiger partial charge in [0, 0.05) is 12.1 Å². The number of hydrogen-bond donors (Lipinski definition) is 7. The minimum Gasteiger partial charge on any atom is -0.394 e. The summed E-state index contributed by atoms with van der Waals surface area (Å²) in [6.45, 7) is -0.774. The van der Waals surface area contributed by atoms with E-state index in [0.717, 1.165) is 44.4 Å². The van der Waals surface area contributed by atoms with Gasteiger partial charge in [0.2, 0.25) is 0 Å². The molecule has 0 spiro atoms. The van der Waals surface area contributed by atoms with Crippen LogP contribution in [-0.2, 0) is 4.79 Å². The molecular weight excluding hydrogens is 352 g/mol. The van der Waals surface area contributed by atoms with Gasteiger partial charge in [-0.25, -0.2) is 0 Å². The highest BCUT2D eigenvalue weighted by atomic mass is 16.4. The fourth-order valence-corrected chi connectivity index (χ4v) is 4.40. The Hall–Kier alpha value is -0.770. The van der Waals surface area contributed by atoms with Gasteiger partial charge in [0.25, 0.3) is 5.91 Å². The molecule has 0 aromatic rings. The van der Waals surface area contributed by atoms with Gasteiger partial charge in [-0.1, -0.05) is 0 Å². The van der Waals surface area contributed by atoms with Gasteiger partial charge in [0.15, 0.2) is 6.10 Å². The summed E-state index contributed by atoms with van der Waals surface area (Å²) in [6, 6.07) is 0.307. The van der Waals surface area contributed by atoms with Crippen LogP contribution in [0.5, 0.6) is 0 Å². The van der Waals surface area contributed by atoms with Gasteiger partial charge in [-0.2, -0.15) is 0 Å². The van der Waals surface area contributed by atoms with Gasteiger partial charge in [-0.05, 0) is 69.6 Å². The van der Waals surface area contributed by atoms with Crippen LogP contribution in [0.3, 0.4) is 0 Å². The number of carbonyl (C=O) groups excluding carboxylic acids is 1. The fourth-order valence-electron chi connectivity index (χ4n) is 4.40. The smallest absolute Gasteiger partial charge is 0.251 e. The van der Waals surface area contributed by atoms with Crippen LogP contribution in [-0.4, -0.2) is 74.5 Å². The highest BCUT2D eigenvalue weighted by Crippen LogP contribution is 2.35. The zero-order valence-corrected chi connectivity index (χ0v) is 15.9. The van der Waals surface area contributed by atoms with Crippen LogP contribution >= 0.6 is 0 Å². The number of amides is 1. The van der Waals surface area contributed by atoms with E-state index >= 15 is 0 Å². The molecule has 2 rings (SSSR count). The molecule has 0 aromatic carbocycles. The van der Waals surface area contributed by atoms with Gasteiger partial charge in [-0.15, -0.1) is 0 Å². The Kier molecular flexibility index (Phi) is 8.91. The molecular formula is C19H36N2O6. The summed E-state index contributed by atoms with van der Waals surface area (Å²) < 4.78 is 0. The van der Waals surface area contributed by atoms with Crippen molar-refractivity contribution in [2.24, 2.45) is 17.6 Å². The molecule has 158 valence electrons. The number of nitrogens with two attached hydrogens (primary N) is 1. The first kappa shape index (κ1) is 22.5. The lowest BCUT2D eigenvalue weighted by Crippen LogP contribution is -2.53. The molecule has 2 fully saturated rings. The average molecular weight is 389 g/mol. The van der Waals surface area contributed by atoms with Crippen molar-refractivity contribution >= 4 is 5.91 Å². The van der Waals surface area contributed by atoms with Crippen molar-refractivity contribution in [3.63, 3.8) is 0 Å². The van der Waals surface area contributed by atoms with E-state index in [2.05, 4.69) is 5.32 Å². The minimum atomic E-state index is -1.86. The van der Waals surface area contributed by atoms with Gasteiger partial charge in [0.1, 0.15) is 18.3 Å². The van der Waals surface area contributed by atoms with E-state index in [0.29, 0.717) is 12.0 Å². The summed E-state index contributed by atoms with van der Waals surface area (Å²) in [5, 5.41) is 50.1. The van der Waals surface area contributed by atoms with E-state index in [1.54, 1.807) is 0 Å². The number of rotatable bonds is 8. The third-order valence-electron chi connectivity index (χ3n) is 6.27. The SMILES string of the molecule is NC1CCC(CC2CCC(NC(=O)[C@H](O)[C@@H](O)[C@H](O)[C@H](O)CO)CC2)CC1. The van der Waals surface area contributed by atoms with Crippen molar-refractivity contribution in [2.75, 3.05) is 6.61 Å². The third kappa shape index (κ3) is 6.66. The van der Waals surface area contributed by atoms with Crippen LogP contribution in [0.2, 0.25) is 0 Å². The van der Waals surface area contributed by atoms with E-state index in [1.165, 1.54) is 19.3 Å². The molecule has 8 nitrogen and oxygen atoms in total. The van der Waals surface area contributed by atoms with Crippen molar-refractivity contribution in [3.8, 4) is 0 Å². The third-order valence-corrected chi connectivity index (χ3v) is 6.27. The second-order valence-corrected chi connectivity index (χ2v) is 8.42. The number of aliphatic hydroxyl groups is 5. The molecule has 2 aliphatic carbocycles. The van der Waals surface area contributed by atoms with Gasteiger partial charge in [-0.3, -0.25) is 4.79 Å². The van der Waals surface area contributed by atoms with Crippen LogP contribution in [0.15, 0.2) is 0 Å². The first-order valence-electron chi connectivity index (χ1n) is 10.2. The van der Waals surface area contributed by atoms with E-state index in [-0.39, 0.29) is 6.04 Å². The van der Waals surface area contributed by atoms with Crippen molar-refractivity contribution in [3.05, 3.63) is 0 Å². The Morgan fingerprint density at radius 3 is 1.93 bits per heavy atom. The van der Waals surface area contributed by atoms with Gasteiger partial charge in [0.05, 0.1) is 6.61 Å². The Morgan fingerprint density at radius 2 is 1.41 bits per heavy atom. The van der Waals surface area contributed by atoms with Gasteiger partial charge < -0.3 is 36.6 Å². The molecule has 0 saturated heterocycles. The van der Waals surface area contributed by atoms with Crippen molar-refractivity contribution < 1.29 is 30.3 Å². The summed E-state index contributed by atoms with van der Waals surface area (Å²) in [5.41, 5.74) is 5.96. The topological polar surface area (TPSA) is 156 Å². The number of nitrogens with one attached hydrogen (secondary N) is 1. The van der Waals surface area contributed by atoms with E-state index in [1.807, 2.05) is 0 Å². The highest BCUT2D eigenvalue weighted by molar-refractivity contribution is 5.81. The minimum absolute atomic E-state index is 0.0599. The number of aliphatic hydroxyl groups excluding tert-OH is 5. The fraction of sp³-hybridized carbons (Fsp3) is 0.947. The molecule has 8 heteroatoms. The van der Waals surface area contributed by atoms with Crippen LogP contribution in [0.4, 0.5) is 0 Å². The molecule has 1 amide bonds. The molecule has 2 aliphatic rings. The molecule has 0 unspecified atom stereocenters. The second-order valence-electron chi connectivity index (χ2n) is 8.42. The van der Waals surface area contributed by atoms with Crippen LogP contribution in [0.25, 0.3) is 0 Å². The summed E-state index contributed by atoms with van der Waals surface area (Å²) in [5.74, 6) is 0.656. The lowest BCUT2D eigenvalue weighted by molar-refractivity contribution is -0.149. The van der Waals surface area contributed by atoms with E-state index in [4.69, 9.17) is 10.8 Å². The maximum atomic E-state index is 12.1. The monoisotopic (exact) mass is 388 g/mol. The molecule has 0 heterocycles. The normalized spacial score (nSPS) is 33.7. The molecule has 4 atom stereocenters. The van der Waals surface area contributed by atoms with Crippen molar-refractivity contribution in [1.82, 2.24) is 5.32 Å². The maximum absolute atomic E-state index is 12.1. The Morgan fingerprint density at radius 1 is 0.889 bits per heavy atom. The first-order valence-corrected chi connectivity index (χ1v) is 10.2. The lowest BCUT2D eigenvalue weighted by atomic mass is 9.76.